The molecule has 0 spiro atoms. The fourth-order valence-electron chi connectivity index (χ4n) is 1.94. The van der Waals surface area contributed by atoms with Crippen molar-refractivity contribution in [2.45, 2.75) is 32.9 Å². The molecule has 0 aliphatic heterocycles. The molecule has 0 saturated heterocycles. The predicted octanol–water partition coefficient (Wildman–Crippen LogP) is 2.70. The molecule has 4 nitrogen and oxygen atoms in total. The Hall–Kier alpha value is -0.810. The molecule has 0 aliphatic rings. The van der Waals surface area contributed by atoms with Gasteiger partial charge in [0.25, 0.3) is 5.91 Å². The van der Waals surface area contributed by atoms with Crippen molar-refractivity contribution in [3.63, 3.8) is 0 Å². The third kappa shape index (κ3) is 6.53. The van der Waals surface area contributed by atoms with E-state index < -0.39 is 0 Å². The molecule has 1 atom stereocenters. The van der Waals surface area contributed by atoms with Crippen LogP contribution in [0, 0.1) is 5.92 Å². The second-order valence-corrected chi connectivity index (χ2v) is 6.17. The van der Waals surface area contributed by atoms with Gasteiger partial charge in [-0.1, -0.05) is 26.0 Å². The Morgan fingerprint density at radius 2 is 1.91 bits per heavy atom. The molecular weight excluding hydrogens is 321 g/mol. The molecular formula is C16H29Cl2N3O. The summed E-state index contributed by atoms with van der Waals surface area (Å²) in [4.78, 5) is 14.5. The summed E-state index contributed by atoms with van der Waals surface area (Å²) in [5.41, 5.74) is 7.24. The first-order valence-electron chi connectivity index (χ1n) is 7.04. The van der Waals surface area contributed by atoms with E-state index in [0.717, 1.165) is 12.1 Å². The Morgan fingerprint density at radius 3 is 2.36 bits per heavy atom. The first-order chi connectivity index (χ1) is 9.28. The van der Waals surface area contributed by atoms with E-state index in [2.05, 4.69) is 24.1 Å². The lowest BCUT2D eigenvalue weighted by molar-refractivity contribution is 0.0883. The van der Waals surface area contributed by atoms with Crippen LogP contribution in [0.4, 0.5) is 0 Å². The average Bonchev–Trinajstić information content (AvgIpc) is 2.37. The van der Waals surface area contributed by atoms with Gasteiger partial charge in [0.05, 0.1) is 5.54 Å². The van der Waals surface area contributed by atoms with Crippen molar-refractivity contribution >= 4 is 30.7 Å². The summed E-state index contributed by atoms with van der Waals surface area (Å²) in [6, 6.07) is 7.72. The lowest BCUT2D eigenvalue weighted by Gasteiger charge is -2.33. The van der Waals surface area contributed by atoms with Gasteiger partial charge in [-0.15, -0.1) is 24.8 Å². The van der Waals surface area contributed by atoms with Crippen LogP contribution in [0.15, 0.2) is 24.3 Å². The minimum atomic E-state index is -0.380. The summed E-state index contributed by atoms with van der Waals surface area (Å²) in [7, 11) is 4.02. The number of hydrogen-bond donors (Lipinski definition) is 2. The van der Waals surface area contributed by atoms with Crippen molar-refractivity contribution in [2.75, 3.05) is 20.6 Å². The number of benzene rings is 1. The molecule has 1 amide bonds. The maximum absolute atomic E-state index is 12.4. The number of nitrogens with two attached hydrogens (primary N) is 1. The molecule has 1 unspecified atom stereocenters. The summed E-state index contributed by atoms with van der Waals surface area (Å²) in [5, 5.41) is 3.06. The van der Waals surface area contributed by atoms with Crippen molar-refractivity contribution in [3.05, 3.63) is 35.4 Å². The molecule has 1 aromatic carbocycles. The maximum Gasteiger partial charge on any atom is 0.251 e. The number of nitrogens with one attached hydrogen (secondary N) is 1. The number of rotatable bonds is 6. The third-order valence-electron chi connectivity index (χ3n) is 3.79. The van der Waals surface area contributed by atoms with Gasteiger partial charge in [-0.05, 0) is 44.6 Å². The van der Waals surface area contributed by atoms with E-state index >= 15 is 0 Å². The standard InChI is InChI=1S/C16H27N3O.2ClH/c1-12(2)16(3,11-17)18-15(20)14-8-6-7-13(9-14)10-19(4)5;;/h6-9,12H,10-11,17H2,1-5H3,(H,18,20);2*1H. The SMILES string of the molecule is CC(C)C(C)(CN)NC(=O)c1cccc(CN(C)C)c1.Cl.Cl. The fourth-order valence-corrected chi connectivity index (χ4v) is 1.94. The number of carbonyl (C=O) groups is 1. The molecule has 0 radical (unpaired) electrons. The second kappa shape index (κ2) is 10.1. The molecule has 0 fully saturated rings. The molecule has 6 heteroatoms. The largest absolute Gasteiger partial charge is 0.345 e. The molecule has 0 heterocycles. The highest BCUT2D eigenvalue weighted by atomic mass is 35.5. The molecule has 22 heavy (non-hydrogen) atoms. The van der Waals surface area contributed by atoms with E-state index in [-0.39, 0.29) is 42.2 Å². The van der Waals surface area contributed by atoms with Gasteiger partial charge in [0, 0.05) is 18.7 Å². The number of hydrogen-bond acceptors (Lipinski definition) is 3. The van der Waals surface area contributed by atoms with Gasteiger partial charge in [0.15, 0.2) is 0 Å². The van der Waals surface area contributed by atoms with E-state index in [1.807, 2.05) is 45.3 Å². The quantitative estimate of drug-likeness (QED) is 0.829. The van der Waals surface area contributed by atoms with E-state index in [0.29, 0.717) is 12.1 Å². The lowest BCUT2D eigenvalue weighted by Crippen LogP contribution is -2.55. The number of amides is 1. The van der Waals surface area contributed by atoms with Crippen LogP contribution in [0.3, 0.4) is 0 Å². The van der Waals surface area contributed by atoms with Crippen LogP contribution in [-0.4, -0.2) is 37.0 Å². The van der Waals surface area contributed by atoms with Crippen molar-refractivity contribution in [1.29, 1.82) is 0 Å². The Balaban J connectivity index is 0. The van der Waals surface area contributed by atoms with E-state index in [1.54, 1.807) is 0 Å². The van der Waals surface area contributed by atoms with Gasteiger partial charge in [-0.25, -0.2) is 0 Å². The summed E-state index contributed by atoms with van der Waals surface area (Å²) in [6.07, 6.45) is 0. The lowest BCUT2D eigenvalue weighted by atomic mass is 9.88. The van der Waals surface area contributed by atoms with Crippen molar-refractivity contribution in [2.24, 2.45) is 11.7 Å². The number of nitrogens with zero attached hydrogens (tertiary/aromatic N) is 1. The minimum Gasteiger partial charge on any atom is -0.345 e. The van der Waals surface area contributed by atoms with Gasteiger partial charge in [-0.3, -0.25) is 4.79 Å². The monoisotopic (exact) mass is 349 g/mol. The van der Waals surface area contributed by atoms with Crippen molar-refractivity contribution in [1.82, 2.24) is 10.2 Å². The zero-order valence-electron chi connectivity index (χ0n) is 14.1. The Labute approximate surface area is 146 Å². The van der Waals surface area contributed by atoms with Crippen LogP contribution in [0.1, 0.15) is 36.7 Å². The van der Waals surface area contributed by atoms with Crippen LogP contribution in [0.25, 0.3) is 0 Å². The average molecular weight is 350 g/mol. The molecule has 0 aliphatic carbocycles. The highest BCUT2D eigenvalue weighted by Crippen LogP contribution is 2.16. The predicted molar refractivity (Wildman–Crippen MR) is 98.1 cm³/mol. The van der Waals surface area contributed by atoms with Gasteiger partial charge in [0.1, 0.15) is 0 Å². The van der Waals surface area contributed by atoms with Gasteiger partial charge in [0.2, 0.25) is 0 Å². The summed E-state index contributed by atoms with van der Waals surface area (Å²) in [6.45, 7) is 7.36. The zero-order valence-corrected chi connectivity index (χ0v) is 15.7. The second-order valence-electron chi connectivity index (χ2n) is 6.17. The van der Waals surface area contributed by atoms with Crippen LogP contribution >= 0.6 is 24.8 Å². The van der Waals surface area contributed by atoms with Crippen LogP contribution in [-0.2, 0) is 6.54 Å². The van der Waals surface area contributed by atoms with Gasteiger partial charge in [-0.2, -0.15) is 0 Å². The molecule has 0 aromatic heterocycles. The normalized spacial score (nSPS) is 13.1. The molecule has 0 bridgehead atoms. The maximum atomic E-state index is 12.4. The van der Waals surface area contributed by atoms with Crippen LogP contribution in [0.5, 0.6) is 0 Å². The number of halogens is 2. The molecule has 0 saturated carbocycles. The molecule has 1 aromatic rings. The minimum absolute atomic E-state index is 0. The van der Waals surface area contributed by atoms with E-state index in [9.17, 15) is 4.79 Å². The summed E-state index contributed by atoms with van der Waals surface area (Å²) >= 11 is 0. The highest BCUT2D eigenvalue weighted by molar-refractivity contribution is 5.94. The molecule has 128 valence electrons. The van der Waals surface area contributed by atoms with Gasteiger partial charge < -0.3 is 16.0 Å². The van der Waals surface area contributed by atoms with Crippen LogP contribution in [0.2, 0.25) is 0 Å². The smallest absolute Gasteiger partial charge is 0.251 e. The Morgan fingerprint density at radius 1 is 1.32 bits per heavy atom. The number of carbonyl (C=O) groups excluding carboxylic acids is 1. The van der Waals surface area contributed by atoms with E-state index in [4.69, 9.17) is 5.73 Å². The topological polar surface area (TPSA) is 58.4 Å². The summed E-state index contributed by atoms with van der Waals surface area (Å²) in [5.74, 6) is 0.216. The van der Waals surface area contributed by atoms with E-state index in [1.165, 1.54) is 0 Å². The first kappa shape index (κ1) is 23.5. The first-order valence-corrected chi connectivity index (χ1v) is 7.04. The van der Waals surface area contributed by atoms with Crippen LogP contribution < -0.4 is 11.1 Å². The molecule has 1 rings (SSSR count). The molecule has 3 N–H and O–H groups in total. The van der Waals surface area contributed by atoms with Gasteiger partial charge >= 0.3 is 0 Å². The summed E-state index contributed by atoms with van der Waals surface area (Å²) < 4.78 is 0. The fraction of sp³-hybridized carbons (Fsp3) is 0.562. The van der Waals surface area contributed by atoms with Crippen molar-refractivity contribution in [3.8, 4) is 0 Å². The third-order valence-corrected chi connectivity index (χ3v) is 3.79. The zero-order chi connectivity index (χ0) is 15.3. The van der Waals surface area contributed by atoms with Crippen molar-refractivity contribution < 1.29 is 4.79 Å². The highest BCUT2D eigenvalue weighted by Gasteiger charge is 2.28. The Kier molecular flexibility index (Phi) is 10.7. The Bertz CT molecular complexity index is 466.